The Hall–Kier alpha value is -1.71. The van der Waals surface area contributed by atoms with Crippen LogP contribution >= 0.6 is 0 Å². The molecule has 0 fully saturated rings. The number of ether oxygens (including phenoxy) is 2. The molecule has 0 amide bonds. The second kappa shape index (κ2) is 6.13. The van der Waals surface area contributed by atoms with Crippen molar-refractivity contribution in [2.24, 2.45) is 0 Å². The van der Waals surface area contributed by atoms with E-state index in [4.69, 9.17) is 14.6 Å². The van der Waals surface area contributed by atoms with Crippen LogP contribution in [0.5, 0.6) is 11.5 Å². The summed E-state index contributed by atoms with van der Waals surface area (Å²) in [5, 5.41) is 9.16. The zero-order valence-corrected chi connectivity index (χ0v) is 10.3. The summed E-state index contributed by atoms with van der Waals surface area (Å²) in [7, 11) is 3.06. The molecule has 1 aromatic rings. The Balaban J connectivity index is 3.08. The fourth-order valence-corrected chi connectivity index (χ4v) is 1.69. The third kappa shape index (κ3) is 3.12. The predicted octanol–water partition coefficient (Wildman–Crippen LogP) is 2.47. The van der Waals surface area contributed by atoms with Gasteiger partial charge in [-0.2, -0.15) is 0 Å². The van der Waals surface area contributed by atoms with E-state index in [2.05, 4.69) is 6.07 Å². The van der Waals surface area contributed by atoms with E-state index in [9.17, 15) is 4.79 Å². The summed E-state index contributed by atoms with van der Waals surface area (Å²) in [6.45, 7) is 1.96. The minimum absolute atomic E-state index is 0.531. The Morgan fingerprint density at radius 1 is 1.41 bits per heavy atom. The van der Waals surface area contributed by atoms with Crippen LogP contribution in [0.15, 0.2) is 12.1 Å². The highest BCUT2D eigenvalue weighted by Gasteiger charge is 2.20. The lowest BCUT2D eigenvalue weighted by Gasteiger charge is -2.14. The normalized spacial score (nSPS) is 11.9. The minimum Gasteiger partial charge on any atom is -0.493 e. The molecule has 1 radical (unpaired) electrons. The van der Waals surface area contributed by atoms with Gasteiger partial charge in [0, 0.05) is 0 Å². The zero-order chi connectivity index (χ0) is 12.8. The monoisotopic (exact) mass is 237 g/mol. The SMILES string of the molecule is CCCC(C(=O)O)c1[c]cc(OC)c(OC)c1. The molecule has 1 aromatic carbocycles. The van der Waals surface area contributed by atoms with Gasteiger partial charge in [0.2, 0.25) is 0 Å². The Morgan fingerprint density at radius 2 is 2.06 bits per heavy atom. The average molecular weight is 237 g/mol. The number of methoxy groups -OCH3 is 2. The van der Waals surface area contributed by atoms with Crippen molar-refractivity contribution in [2.45, 2.75) is 25.7 Å². The molecule has 0 saturated carbocycles. The van der Waals surface area contributed by atoms with Crippen LogP contribution in [0.4, 0.5) is 0 Å². The van der Waals surface area contributed by atoms with E-state index in [0.29, 0.717) is 23.5 Å². The molecule has 0 aliphatic heterocycles. The van der Waals surface area contributed by atoms with Crippen molar-refractivity contribution >= 4 is 5.97 Å². The molecule has 4 heteroatoms. The maximum atomic E-state index is 11.2. The number of aliphatic carboxylic acids is 1. The van der Waals surface area contributed by atoms with Crippen molar-refractivity contribution < 1.29 is 19.4 Å². The number of carboxylic acids is 1. The highest BCUT2D eigenvalue weighted by atomic mass is 16.5. The lowest BCUT2D eigenvalue weighted by atomic mass is 9.94. The predicted molar refractivity (Wildman–Crippen MR) is 63.7 cm³/mol. The molecule has 1 atom stereocenters. The van der Waals surface area contributed by atoms with Gasteiger partial charge in [-0.05, 0) is 30.2 Å². The molecule has 0 aliphatic carbocycles. The second-order valence-corrected chi connectivity index (χ2v) is 3.70. The average Bonchev–Trinajstić information content (AvgIpc) is 2.34. The summed E-state index contributed by atoms with van der Waals surface area (Å²) < 4.78 is 10.2. The van der Waals surface area contributed by atoms with Gasteiger partial charge in [-0.15, -0.1) is 0 Å². The van der Waals surface area contributed by atoms with E-state index >= 15 is 0 Å². The largest absolute Gasteiger partial charge is 0.493 e. The summed E-state index contributed by atoms with van der Waals surface area (Å²) in [5.41, 5.74) is 0.622. The van der Waals surface area contributed by atoms with Crippen LogP contribution in [0.2, 0.25) is 0 Å². The first kappa shape index (κ1) is 13.4. The van der Waals surface area contributed by atoms with Gasteiger partial charge in [0.15, 0.2) is 11.5 Å². The van der Waals surface area contributed by atoms with Gasteiger partial charge in [0.05, 0.1) is 20.1 Å². The van der Waals surface area contributed by atoms with Crippen LogP contribution in [-0.4, -0.2) is 25.3 Å². The van der Waals surface area contributed by atoms with Crippen molar-refractivity contribution in [3.8, 4) is 11.5 Å². The summed E-state index contributed by atoms with van der Waals surface area (Å²) in [4.78, 5) is 11.2. The smallest absolute Gasteiger partial charge is 0.310 e. The van der Waals surface area contributed by atoms with Gasteiger partial charge in [-0.25, -0.2) is 0 Å². The highest BCUT2D eigenvalue weighted by Crippen LogP contribution is 2.31. The summed E-state index contributed by atoms with van der Waals surface area (Å²) in [6, 6.07) is 6.23. The van der Waals surface area contributed by atoms with Crippen molar-refractivity contribution in [2.75, 3.05) is 14.2 Å². The molecule has 0 aliphatic rings. The molecule has 4 nitrogen and oxygen atoms in total. The quantitative estimate of drug-likeness (QED) is 0.825. The highest BCUT2D eigenvalue weighted by molar-refractivity contribution is 5.76. The fraction of sp³-hybridized carbons (Fsp3) is 0.462. The van der Waals surface area contributed by atoms with E-state index in [0.717, 1.165) is 6.42 Å². The Morgan fingerprint density at radius 3 is 2.53 bits per heavy atom. The van der Waals surface area contributed by atoms with E-state index in [1.165, 1.54) is 14.2 Å². The maximum absolute atomic E-state index is 11.2. The van der Waals surface area contributed by atoms with Crippen molar-refractivity contribution in [1.29, 1.82) is 0 Å². The number of hydrogen-bond acceptors (Lipinski definition) is 3. The minimum atomic E-state index is -0.838. The summed E-state index contributed by atoms with van der Waals surface area (Å²) >= 11 is 0. The maximum Gasteiger partial charge on any atom is 0.310 e. The molecule has 0 bridgehead atoms. The molecule has 1 N–H and O–H groups in total. The summed E-state index contributed by atoms with van der Waals surface area (Å²) in [5.74, 6) is -0.296. The number of carbonyl (C=O) groups is 1. The van der Waals surface area contributed by atoms with Gasteiger partial charge >= 0.3 is 5.97 Å². The first-order valence-corrected chi connectivity index (χ1v) is 5.50. The van der Waals surface area contributed by atoms with Crippen LogP contribution in [-0.2, 0) is 4.79 Å². The van der Waals surface area contributed by atoms with Crippen LogP contribution in [0, 0.1) is 6.07 Å². The molecular weight excluding hydrogens is 220 g/mol. The van der Waals surface area contributed by atoms with Crippen molar-refractivity contribution in [1.82, 2.24) is 0 Å². The first-order chi connectivity index (χ1) is 8.13. The van der Waals surface area contributed by atoms with Gasteiger partial charge in [0.25, 0.3) is 0 Å². The third-order valence-corrected chi connectivity index (χ3v) is 2.59. The number of benzene rings is 1. The molecule has 0 saturated heterocycles. The number of rotatable bonds is 6. The molecule has 93 valence electrons. The van der Waals surface area contributed by atoms with Crippen LogP contribution in [0.1, 0.15) is 31.2 Å². The molecule has 0 spiro atoms. The Labute approximate surface area is 101 Å². The van der Waals surface area contributed by atoms with Crippen LogP contribution < -0.4 is 9.47 Å². The Bertz CT molecular complexity index is 387. The number of hydrogen-bond donors (Lipinski definition) is 1. The van der Waals surface area contributed by atoms with Gasteiger partial charge in [-0.3, -0.25) is 4.79 Å². The molecule has 0 heterocycles. The van der Waals surface area contributed by atoms with Crippen molar-refractivity contribution in [3.05, 3.63) is 23.8 Å². The number of carboxylic acid groups (broad SMARTS) is 1. The standard InChI is InChI=1S/C13H17O4/c1-4-5-10(13(14)15)9-6-7-11(16-2)12(8-9)17-3/h7-8,10H,4-5H2,1-3H3,(H,14,15). The van der Waals surface area contributed by atoms with Crippen molar-refractivity contribution in [3.63, 3.8) is 0 Å². The topological polar surface area (TPSA) is 55.8 Å². The van der Waals surface area contributed by atoms with Crippen LogP contribution in [0.25, 0.3) is 0 Å². The molecule has 1 unspecified atom stereocenters. The molecular formula is C13H17O4. The van der Waals surface area contributed by atoms with Crippen LogP contribution in [0.3, 0.4) is 0 Å². The summed E-state index contributed by atoms with van der Waals surface area (Å²) in [6.07, 6.45) is 1.39. The van der Waals surface area contributed by atoms with E-state index in [1.54, 1.807) is 12.1 Å². The molecule has 17 heavy (non-hydrogen) atoms. The molecule has 0 aromatic heterocycles. The second-order valence-electron chi connectivity index (χ2n) is 3.70. The van der Waals surface area contributed by atoms with E-state index in [-0.39, 0.29) is 0 Å². The lowest BCUT2D eigenvalue weighted by Crippen LogP contribution is -2.11. The third-order valence-electron chi connectivity index (χ3n) is 2.59. The van der Waals surface area contributed by atoms with Gasteiger partial charge < -0.3 is 14.6 Å². The van der Waals surface area contributed by atoms with E-state index < -0.39 is 11.9 Å². The van der Waals surface area contributed by atoms with E-state index in [1.807, 2.05) is 6.92 Å². The zero-order valence-electron chi connectivity index (χ0n) is 10.3. The Kier molecular flexibility index (Phi) is 4.82. The van der Waals surface area contributed by atoms with Gasteiger partial charge in [0.1, 0.15) is 0 Å². The molecule has 1 rings (SSSR count). The van der Waals surface area contributed by atoms with Gasteiger partial charge in [-0.1, -0.05) is 13.3 Å². The fourth-order valence-electron chi connectivity index (χ4n) is 1.69. The lowest BCUT2D eigenvalue weighted by molar-refractivity contribution is -0.139. The first-order valence-electron chi connectivity index (χ1n) is 5.50.